The Morgan fingerprint density at radius 2 is 1.71 bits per heavy atom. The predicted molar refractivity (Wildman–Crippen MR) is 99.4 cm³/mol. The molecular weight excluding hydrogens is 316 g/mol. The first-order valence-electron chi connectivity index (χ1n) is 8.01. The zero-order valence-corrected chi connectivity index (χ0v) is 14.6. The lowest BCUT2D eigenvalue weighted by atomic mass is 10.1. The van der Waals surface area contributed by atoms with E-state index in [0.717, 1.165) is 21.9 Å². The summed E-state index contributed by atoms with van der Waals surface area (Å²) in [5, 5.41) is 3.97. The highest BCUT2D eigenvalue weighted by molar-refractivity contribution is 7.15. The number of aromatic nitrogens is 1. The minimum Gasteiger partial charge on any atom is -0.348 e. The van der Waals surface area contributed by atoms with E-state index in [9.17, 15) is 4.79 Å². The van der Waals surface area contributed by atoms with Crippen molar-refractivity contribution in [2.75, 3.05) is 0 Å². The molecule has 4 heteroatoms. The third-order valence-corrected chi connectivity index (χ3v) is 4.77. The molecule has 3 nitrogen and oxygen atoms in total. The smallest absolute Gasteiger partial charge is 0.271 e. The van der Waals surface area contributed by atoms with Gasteiger partial charge in [0.2, 0.25) is 0 Å². The van der Waals surface area contributed by atoms with Crippen LogP contribution in [0, 0.1) is 6.92 Å². The number of aryl methyl sites for hydroxylation is 1. The van der Waals surface area contributed by atoms with Crippen molar-refractivity contribution < 1.29 is 4.79 Å². The van der Waals surface area contributed by atoms with E-state index in [4.69, 9.17) is 0 Å². The van der Waals surface area contributed by atoms with E-state index in [1.807, 2.05) is 62.4 Å². The fourth-order valence-corrected chi connectivity index (χ4v) is 3.60. The third-order valence-electron chi connectivity index (χ3n) is 3.75. The molecule has 1 atom stereocenters. The molecule has 0 radical (unpaired) electrons. The summed E-state index contributed by atoms with van der Waals surface area (Å²) in [4.78, 5) is 18.1. The highest BCUT2D eigenvalue weighted by Gasteiger charge is 2.19. The van der Waals surface area contributed by atoms with E-state index < -0.39 is 0 Å². The van der Waals surface area contributed by atoms with Crippen molar-refractivity contribution in [1.82, 2.24) is 10.3 Å². The topological polar surface area (TPSA) is 42.0 Å². The van der Waals surface area contributed by atoms with Crippen molar-refractivity contribution in [3.8, 4) is 10.4 Å². The van der Waals surface area contributed by atoms with Gasteiger partial charge in [-0.05, 0) is 31.4 Å². The van der Waals surface area contributed by atoms with Crippen LogP contribution in [0.4, 0.5) is 0 Å². The monoisotopic (exact) mass is 336 g/mol. The van der Waals surface area contributed by atoms with Gasteiger partial charge in [-0.3, -0.25) is 4.79 Å². The van der Waals surface area contributed by atoms with Gasteiger partial charge in [-0.15, -0.1) is 11.3 Å². The molecule has 0 bridgehead atoms. The summed E-state index contributed by atoms with van der Waals surface area (Å²) in [6.07, 6.45) is 0.802. The molecule has 3 rings (SSSR count). The summed E-state index contributed by atoms with van der Waals surface area (Å²) in [6.45, 7) is 3.95. The predicted octanol–water partition coefficient (Wildman–Crippen LogP) is 4.48. The Balaban J connectivity index is 1.76. The largest absolute Gasteiger partial charge is 0.348 e. The van der Waals surface area contributed by atoms with Crippen molar-refractivity contribution in [1.29, 1.82) is 0 Å². The fraction of sp³-hybridized carbons (Fsp3) is 0.200. The Bertz CT molecular complexity index is 812. The molecule has 0 spiro atoms. The molecule has 2 aromatic carbocycles. The van der Waals surface area contributed by atoms with Crippen molar-refractivity contribution in [2.24, 2.45) is 0 Å². The van der Waals surface area contributed by atoms with Crippen molar-refractivity contribution in [3.63, 3.8) is 0 Å². The van der Waals surface area contributed by atoms with E-state index in [2.05, 4.69) is 22.4 Å². The number of hydrogen-bond donors (Lipinski definition) is 1. The molecule has 3 aromatic rings. The number of nitrogens with zero attached hydrogens (tertiary/aromatic N) is 1. The maximum absolute atomic E-state index is 12.7. The quantitative estimate of drug-likeness (QED) is 0.746. The first-order valence-corrected chi connectivity index (χ1v) is 8.83. The van der Waals surface area contributed by atoms with Gasteiger partial charge in [-0.1, -0.05) is 60.7 Å². The van der Waals surface area contributed by atoms with E-state index in [-0.39, 0.29) is 11.9 Å². The van der Waals surface area contributed by atoms with Gasteiger partial charge in [0.15, 0.2) is 0 Å². The minimum absolute atomic E-state index is 0.0468. The van der Waals surface area contributed by atoms with Crippen LogP contribution in [0.1, 0.15) is 28.0 Å². The molecule has 0 aliphatic heterocycles. The van der Waals surface area contributed by atoms with Crippen LogP contribution >= 0.6 is 11.3 Å². The Labute approximate surface area is 146 Å². The van der Waals surface area contributed by atoms with Gasteiger partial charge in [0, 0.05) is 6.04 Å². The first kappa shape index (κ1) is 16.4. The number of rotatable bonds is 5. The number of carbonyl (C=O) groups is 1. The second kappa shape index (κ2) is 7.41. The number of hydrogen-bond acceptors (Lipinski definition) is 3. The highest BCUT2D eigenvalue weighted by Crippen LogP contribution is 2.30. The molecule has 0 fully saturated rings. The van der Waals surface area contributed by atoms with Crippen LogP contribution in [0.2, 0.25) is 0 Å². The molecule has 1 heterocycles. The molecule has 1 amide bonds. The van der Waals surface area contributed by atoms with Gasteiger partial charge < -0.3 is 5.32 Å². The number of amides is 1. The lowest BCUT2D eigenvalue weighted by Crippen LogP contribution is -2.34. The number of benzene rings is 2. The Morgan fingerprint density at radius 1 is 1.08 bits per heavy atom. The van der Waals surface area contributed by atoms with Gasteiger partial charge in [-0.25, -0.2) is 4.98 Å². The van der Waals surface area contributed by atoms with Crippen LogP contribution in [0.3, 0.4) is 0 Å². The second-order valence-corrected chi connectivity index (χ2v) is 7.04. The summed E-state index contributed by atoms with van der Waals surface area (Å²) in [6, 6.07) is 20.2. The summed E-state index contributed by atoms with van der Waals surface area (Å²) in [5.74, 6) is -0.110. The zero-order valence-electron chi connectivity index (χ0n) is 13.8. The normalized spacial score (nSPS) is 11.9. The second-order valence-electron chi connectivity index (χ2n) is 5.84. The molecule has 0 unspecified atom stereocenters. The van der Waals surface area contributed by atoms with Crippen LogP contribution in [0.5, 0.6) is 0 Å². The molecule has 0 saturated heterocycles. The summed E-state index contributed by atoms with van der Waals surface area (Å²) in [5.41, 5.74) is 2.76. The zero-order chi connectivity index (χ0) is 16.9. The van der Waals surface area contributed by atoms with Gasteiger partial charge in [0.25, 0.3) is 5.91 Å². The number of carbonyl (C=O) groups excluding carboxylic acids is 1. The molecule has 0 aliphatic rings. The van der Waals surface area contributed by atoms with E-state index >= 15 is 0 Å². The van der Waals surface area contributed by atoms with Crippen molar-refractivity contribution in [2.45, 2.75) is 26.3 Å². The summed E-state index contributed by atoms with van der Waals surface area (Å²) >= 11 is 1.55. The van der Waals surface area contributed by atoms with Gasteiger partial charge in [0.1, 0.15) is 5.69 Å². The summed E-state index contributed by atoms with van der Waals surface area (Å²) in [7, 11) is 0. The van der Waals surface area contributed by atoms with Gasteiger partial charge in [-0.2, -0.15) is 0 Å². The fourth-order valence-electron chi connectivity index (χ4n) is 2.68. The molecule has 0 saturated carbocycles. The van der Waals surface area contributed by atoms with Crippen LogP contribution in [-0.2, 0) is 6.42 Å². The minimum atomic E-state index is -0.110. The molecular formula is C20H20N2OS. The van der Waals surface area contributed by atoms with Crippen LogP contribution in [0.25, 0.3) is 10.4 Å². The van der Waals surface area contributed by atoms with Crippen molar-refractivity contribution in [3.05, 3.63) is 76.9 Å². The maximum Gasteiger partial charge on any atom is 0.271 e. The lowest BCUT2D eigenvalue weighted by Gasteiger charge is -2.13. The van der Waals surface area contributed by atoms with Crippen LogP contribution in [-0.4, -0.2) is 16.9 Å². The SMILES string of the molecule is Cc1nc(C(=O)N[C@H](C)Cc2ccccc2)c(-c2ccccc2)s1. The van der Waals surface area contributed by atoms with Crippen molar-refractivity contribution >= 4 is 17.2 Å². The van der Waals surface area contributed by atoms with Crippen LogP contribution < -0.4 is 5.32 Å². The average Bonchev–Trinajstić information content (AvgIpc) is 2.98. The molecule has 122 valence electrons. The Hall–Kier alpha value is -2.46. The van der Waals surface area contributed by atoms with Gasteiger partial charge in [0.05, 0.1) is 9.88 Å². The lowest BCUT2D eigenvalue weighted by molar-refractivity contribution is 0.0936. The van der Waals surface area contributed by atoms with E-state index in [0.29, 0.717) is 5.69 Å². The highest BCUT2D eigenvalue weighted by atomic mass is 32.1. The van der Waals surface area contributed by atoms with Crippen LogP contribution in [0.15, 0.2) is 60.7 Å². The standard InChI is InChI=1S/C20H20N2OS/c1-14(13-16-9-5-3-6-10-16)21-20(23)18-19(24-15(2)22-18)17-11-7-4-8-12-17/h3-12,14H,13H2,1-2H3,(H,21,23)/t14-/m1/s1. The summed E-state index contributed by atoms with van der Waals surface area (Å²) < 4.78 is 0. The molecule has 1 N–H and O–H groups in total. The molecule has 24 heavy (non-hydrogen) atoms. The van der Waals surface area contributed by atoms with E-state index in [1.165, 1.54) is 5.56 Å². The van der Waals surface area contributed by atoms with E-state index in [1.54, 1.807) is 11.3 Å². The molecule has 0 aliphatic carbocycles. The Kier molecular flexibility index (Phi) is 5.06. The average molecular weight is 336 g/mol. The first-order chi connectivity index (χ1) is 11.6. The number of thiazole rings is 1. The number of nitrogens with one attached hydrogen (secondary N) is 1. The third kappa shape index (κ3) is 3.89. The molecule has 1 aromatic heterocycles. The maximum atomic E-state index is 12.7. The Morgan fingerprint density at radius 3 is 2.38 bits per heavy atom. The van der Waals surface area contributed by atoms with Gasteiger partial charge >= 0.3 is 0 Å².